The molecule has 3 heteroatoms. The number of nitriles is 1. The fourth-order valence-electron chi connectivity index (χ4n) is 0.896. The largest absolute Gasteiger partial charge is 0.206 e. The van der Waals surface area contributed by atoms with Gasteiger partial charge in [0, 0.05) is 5.56 Å². The van der Waals surface area contributed by atoms with Gasteiger partial charge in [0.05, 0.1) is 11.6 Å². The van der Waals surface area contributed by atoms with E-state index in [0.29, 0.717) is 5.56 Å². The van der Waals surface area contributed by atoms with Crippen molar-refractivity contribution >= 4 is 0 Å². The molecule has 0 fully saturated rings. The van der Waals surface area contributed by atoms with Crippen molar-refractivity contribution in [1.82, 2.24) is 0 Å². The summed E-state index contributed by atoms with van der Waals surface area (Å²) < 4.78 is 0. The van der Waals surface area contributed by atoms with Gasteiger partial charge >= 0.3 is 0 Å². The molecule has 0 bridgehead atoms. The van der Waals surface area contributed by atoms with E-state index in [-0.39, 0.29) is 6.17 Å². The molecule has 52 valence electrons. The molecule has 2 rings (SSSR count). The van der Waals surface area contributed by atoms with E-state index in [0.717, 1.165) is 5.56 Å². The number of hydrogen-bond acceptors (Lipinski definition) is 3. The minimum Gasteiger partial charge on any atom is -0.192 e. The second-order valence-corrected chi connectivity index (χ2v) is 2.34. The summed E-state index contributed by atoms with van der Waals surface area (Å²) in [7, 11) is 0. The van der Waals surface area contributed by atoms with Gasteiger partial charge < -0.3 is 0 Å². The Morgan fingerprint density at radius 2 is 1.82 bits per heavy atom. The first-order valence-corrected chi connectivity index (χ1v) is 3.30. The molecule has 0 saturated carbocycles. The molecule has 0 aromatic heterocycles. The van der Waals surface area contributed by atoms with Crippen LogP contribution in [0.25, 0.3) is 0 Å². The van der Waals surface area contributed by atoms with Crippen LogP contribution in [-0.2, 0) is 0 Å². The van der Waals surface area contributed by atoms with E-state index in [9.17, 15) is 0 Å². The lowest BCUT2D eigenvalue weighted by molar-refractivity contribution is 1.05. The van der Waals surface area contributed by atoms with Gasteiger partial charge in [-0.05, 0) is 12.1 Å². The molecule has 0 aliphatic carbocycles. The van der Waals surface area contributed by atoms with Crippen LogP contribution in [-0.4, -0.2) is 0 Å². The highest BCUT2D eigenvalue weighted by atomic mass is 15.4. The van der Waals surface area contributed by atoms with Gasteiger partial charge in [0.15, 0.2) is 0 Å². The van der Waals surface area contributed by atoms with Gasteiger partial charge in [-0.3, -0.25) is 0 Å². The predicted molar refractivity (Wildman–Crippen MR) is 38.8 cm³/mol. The topological polar surface area (TPSA) is 48.5 Å². The van der Waals surface area contributed by atoms with E-state index >= 15 is 0 Å². The SMILES string of the molecule is N#Cc1ccc(C2N=N2)cc1. The minimum atomic E-state index is 0.0442. The summed E-state index contributed by atoms with van der Waals surface area (Å²) in [6.07, 6.45) is 0.0442. The van der Waals surface area contributed by atoms with Crippen molar-refractivity contribution in [2.45, 2.75) is 6.17 Å². The average molecular weight is 143 g/mol. The van der Waals surface area contributed by atoms with Gasteiger partial charge in [-0.2, -0.15) is 15.5 Å². The molecule has 0 saturated heterocycles. The molecule has 0 N–H and O–H groups in total. The molecule has 1 aromatic rings. The summed E-state index contributed by atoms with van der Waals surface area (Å²) in [5, 5.41) is 16.0. The van der Waals surface area contributed by atoms with Crippen molar-refractivity contribution < 1.29 is 0 Å². The van der Waals surface area contributed by atoms with Crippen LogP contribution < -0.4 is 0 Å². The van der Waals surface area contributed by atoms with E-state index in [4.69, 9.17) is 5.26 Å². The summed E-state index contributed by atoms with van der Waals surface area (Å²) in [6, 6.07) is 9.36. The van der Waals surface area contributed by atoms with Gasteiger partial charge in [-0.15, -0.1) is 0 Å². The first-order valence-electron chi connectivity index (χ1n) is 3.30. The Bertz CT molecular complexity index is 325. The molecule has 11 heavy (non-hydrogen) atoms. The van der Waals surface area contributed by atoms with E-state index < -0.39 is 0 Å². The summed E-state index contributed by atoms with van der Waals surface area (Å²) in [5.41, 5.74) is 1.73. The number of benzene rings is 1. The van der Waals surface area contributed by atoms with Crippen molar-refractivity contribution in [3.05, 3.63) is 35.4 Å². The van der Waals surface area contributed by atoms with Crippen molar-refractivity contribution in [2.24, 2.45) is 10.2 Å². The molecule has 1 aliphatic rings. The monoisotopic (exact) mass is 143 g/mol. The van der Waals surface area contributed by atoms with Crippen LogP contribution in [0, 0.1) is 11.3 Å². The lowest BCUT2D eigenvalue weighted by atomic mass is 10.1. The Hall–Kier alpha value is -1.69. The standard InChI is InChI=1S/C8H5N3/c9-5-6-1-3-7(4-2-6)8-10-11-8/h1-4,8H. The van der Waals surface area contributed by atoms with Crippen LogP contribution in [0.15, 0.2) is 34.5 Å². The van der Waals surface area contributed by atoms with Crippen LogP contribution in [0.3, 0.4) is 0 Å². The maximum Gasteiger partial charge on any atom is 0.206 e. The van der Waals surface area contributed by atoms with Crippen molar-refractivity contribution in [1.29, 1.82) is 5.26 Å². The molecule has 1 aromatic carbocycles. The number of hydrogen-bond donors (Lipinski definition) is 0. The van der Waals surface area contributed by atoms with E-state index in [1.165, 1.54) is 0 Å². The van der Waals surface area contributed by atoms with Crippen LogP contribution in [0.1, 0.15) is 17.3 Å². The molecule has 0 amide bonds. The molecule has 0 radical (unpaired) electrons. The maximum atomic E-state index is 8.49. The highest BCUT2D eigenvalue weighted by Crippen LogP contribution is 2.30. The van der Waals surface area contributed by atoms with Crippen molar-refractivity contribution in [3.8, 4) is 6.07 Å². The second kappa shape index (κ2) is 2.17. The molecule has 0 spiro atoms. The lowest BCUT2D eigenvalue weighted by Gasteiger charge is -1.92. The third-order valence-electron chi connectivity index (χ3n) is 1.57. The molecule has 3 nitrogen and oxygen atoms in total. The molecule has 0 unspecified atom stereocenters. The molecule has 1 heterocycles. The lowest BCUT2D eigenvalue weighted by Crippen LogP contribution is -1.79. The zero-order valence-electron chi connectivity index (χ0n) is 5.73. The number of nitrogens with zero attached hydrogens (tertiary/aromatic N) is 3. The Labute approximate surface area is 64.0 Å². The van der Waals surface area contributed by atoms with E-state index in [1.54, 1.807) is 12.1 Å². The van der Waals surface area contributed by atoms with Crippen molar-refractivity contribution in [2.75, 3.05) is 0 Å². The second-order valence-electron chi connectivity index (χ2n) is 2.34. The quantitative estimate of drug-likeness (QED) is 0.593. The summed E-state index contributed by atoms with van der Waals surface area (Å²) >= 11 is 0. The molecule has 0 atom stereocenters. The van der Waals surface area contributed by atoms with E-state index in [2.05, 4.69) is 16.3 Å². The average Bonchev–Trinajstić information content (AvgIpc) is 2.87. The van der Waals surface area contributed by atoms with Gasteiger partial charge in [0.2, 0.25) is 6.17 Å². The predicted octanol–water partition coefficient (Wildman–Crippen LogP) is 2.02. The van der Waals surface area contributed by atoms with Crippen LogP contribution in [0.2, 0.25) is 0 Å². The third kappa shape index (κ3) is 1.10. The Morgan fingerprint density at radius 3 is 2.27 bits per heavy atom. The first kappa shape index (κ1) is 6.05. The highest BCUT2D eigenvalue weighted by Gasteiger charge is 2.17. The Morgan fingerprint density at radius 1 is 1.18 bits per heavy atom. The van der Waals surface area contributed by atoms with E-state index in [1.807, 2.05) is 12.1 Å². The fourth-order valence-corrected chi connectivity index (χ4v) is 0.896. The smallest absolute Gasteiger partial charge is 0.192 e. The molecule has 1 aliphatic heterocycles. The highest BCUT2D eigenvalue weighted by molar-refractivity contribution is 5.33. The van der Waals surface area contributed by atoms with Gasteiger partial charge in [0.1, 0.15) is 0 Å². The summed E-state index contributed by atoms with van der Waals surface area (Å²) in [5.74, 6) is 0. The normalized spacial score (nSPS) is 14.5. The Kier molecular flexibility index (Phi) is 1.19. The first-order chi connectivity index (χ1) is 5.40. The fraction of sp³-hybridized carbons (Fsp3) is 0.125. The van der Waals surface area contributed by atoms with Crippen LogP contribution >= 0.6 is 0 Å². The maximum absolute atomic E-state index is 8.49. The van der Waals surface area contributed by atoms with Crippen molar-refractivity contribution in [3.63, 3.8) is 0 Å². The summed E-state index contributed by atoms with van der Waals surface area (Å²) in [6.45, 7) is 0. The number of rotatable bonds is 1. The van der Waals surface area contributed by atoms with Gasteiger partial charge in [-0.25, -0.2) is 0 Å². The zero-order chi connectivity index (χ0) is 7.68. The Balaban J connectivity index is 2.28. The van der Waals surface area contributed by atoms with Crippen LogP contribution in [0.4, 0.5) is 0 Å². The third-order valence-corrected chi connectivity index (χ3v) is 1.57. The van der Waals surface area contributed by atoms with Crippen LogP contribution in [0.5, 0.6) is 0 Å². The minimum absolute atomic E-state index is 0.0442. The molecular formula is C8H5N3. The molecular weight excluding hydrogens is 138 g/mol. The zero-order valence-corrected chi connectivity index (χ0v) is 5.73. The summed E-state index contributed by atoms with van der Waals surface area (Å²) in [4.78, 5) is 0. The van der Waals surface area contributed by atoms with Gasteiger partial charge in [-0.1, -0.05) is 12.1 Å². The van der Waals surface area contributed by atoms with Gasteiger partial charge in [0.25, 0.3) is 0 Å².